The number of aromatic nitrogens is 1. The fourth-order valence-electron chi connectivity index (χ4n) is 2.30. The monoisotopic (exact) mass is 282 g/mol. The first kappa shape index (κ1) is 12.9. The van der Waals surface area contributed by atoms with Gasteiger partial charge in [-0.25, -0.2) is 4.98 Å². The lowest BCUT2D eigenvalue weighted by molar-refractivity contribution is 1.08. The summed E-state index contributed by atoms with van der Waals surface area (Å²) >= 11 is 6.23. The van der Waals surface area contributed by atoms with Crippen molar-refractivity contribution >= 4 is 33.9 Å². The fourth-order valence-corrected chi connectivity index (χ4v) is 2.49. The van der Waals surface area contributed by atoms with Crippen LogP contribution >= 0.6 is 11.6 Å². The van der Waals surface area contributed by atoms with Gasteiger partial charge >= 0.3 is 0 Å². The van der Waals surface area contributed by atoms with Crippen LogP contribution in [-0.2, 0) is 0 Å². The van der Waals surface area contributed by atoms with Crippen LogP contribution in [-0.4, -0.2) is 4.98 Å². The number of para-hydroxylation sites is 1. The van der Waals surface area contributed by atoms with Crippen LogP contribution in [0.3, 0.4) is 0 Å². The smallest absolute Gasteiger partial charge is 0.138 e. The lowest BCUT2D eigenvalue weighted by atomic mass is 10.1. The summed E-state index contributed by atoms with van der Waals surface area (Å²) in [7, 11) is 0. The molecule has 3 rings (SSSR count). The molecule has 0 radical (unpaired) electrons. The van der Waals surface area contributed by atoms with Crippen LogP contribution in [0, 0.1) is 0 Å². The summed E-state index contributed by atoms with van der Waals surface area (Å²) in [6.45, 7) is 1.97. The molecule has 3 heteroatoms. The quantitative estimate of drug-likeness (QED) is 0.661. The van der Waals surface area contributed by atoms with E-state index in [1.54, 1.807) is 0 Å². The van der Waals surface area contributed by atoms with E-state index in [0.29, 0.717) is 0 Å². The first-order chi connectivity index (χ1) is 9.75. The molecule has 0 aliphatic carbocycles. The summed E-state index contributed by atoms with van der Waals surface area (Å²) in [6.07, 6.45) is 1.82. The highest BCUT2D eigenvalue weighted by molar-refractivity contribution is 6.21. The first-order valence-corrected chi connectivity index (χ1v) is 7.03. The Morgan fingerprint density at radius 1 is 1.00 bits per heavy atom. The van der Waals surface area contributed by atoms with Gasteiger partial charge in [0.05, 0.1) is 5.38 Å². The highest BCUT2D eigenvalue weighted by Crippen LogP contribution is 2.31. The highest BCUT2D eigenvalue weighted by Gasteiger charge is 2.09. The Morgan fingerprint density at radius 2 is 1.75 bits per heavy atom. The van der Waals surface area contributed by atoms with E-state index in [-0.39, 0.29) is 5.38 Å². The molecule has 1 aromatic heterocycles. The average Bonchev–Trinajstić information content (AvgIpc) is 2.48. The molecule has 1 heterocycles. The molecular weight excluding hydrogens is 268 g/mol. The predicted molar refractivity (Wildman–Crippen MR) is 85.7 cm³/mol. The van der Waals surface area contributed by atoms with Crippen LogP contribution in [0.2, 0.25) is 0 Å². The van der Waals surface area contributed by atoms with Crippen molar-refractivity contribution in [3.05, 3.63) is 66.4 Å². The largest absolute Gasteiger partial charge is 0.339 e. The minimum absolute atomic E-state index is 0.0475. The third kappa shape index (κ3) is 2.47. The number of halogens is 1. The predicted octanol–water partition coefficient (Wildman–Crippen LogP) is 5.28. The summed E-state index contributed by atoms with van der Waals surface area (Å²) in [5, 5.41) is 5.63. The second kappa shape index (κ2) is 5.51. The Kier molecular flexibility index (Phi) is 3.57. The summed E-state index contributed by atoms with van der Waals surface area (Å²) in [4.78, 5) is 4.45. The molecule has 0 aliphatic heterocycles. The number of alkyl halides is 1. The molecule has 0 spiro atoms. The number of anilines is 2. The number of hydrogen-bond acceptors (Lipinski definition) is 2. The average molecular weight is 283 g/mol. The van der Waals surface area contributed by atoms with Crippen LogP contribution in [0.1, 0.15) is 17.9 Å². The molecule has 0 fully saturated rings. The number of benzene rings is 2. The summed E-state index contributed by atoms with van der Waals surface area (Å²) < 4.78 is 0. The van der Waals surface area contributed by atoms with Crippen LogP contribution in [0.4, 0.5) is 11.5 Å². The third-order valence-corrected chi connectivity index (χ3v) is 3.55. The Labute approximate surface area is 123 Å². The van der Waals surface area contributed by atoms with E-state index in [1.165, 1.54) is 5.39 Å². The van der Waals surface area contributed by atoms with Crippen molar-refractivity contribution in [2.45, 2.75) is 12.3 Å². The maximum Gasteiger partial charge on any atom is 0.138 e. The maximum absolute atomic E-state index is 6.23. The van der Waals surface area contributed by atoms with Crippen molar-refractivity contribution in [2.75, 3.05) is 5.32 Å². The van der Waals surface area contributed by atoms with E-state index in [4.69, 9.17) is 11.6 Å². The van der Waals surface area contributed by atoms with Crippen molar-refractivity contribution in [2.24, 2.45) is 0 Å². The number of nitrogens with one attached hydrogen (secondary N) is 1. The zero-order chi connectivity index (χ0) is 13.9. The fraction of sp³-hybridized carbons (Fsp3) is 0.118. The second-order valence-corrected chi connectivity index (χ2v) is 5.36. The molecule has 0 bridgehead atoms. The molecule has 1 unspecified atom stereocenters. The zero-order valence-electron chi connectivity index (χ0n) is 11.2. The van der Waals surface area contributed by atoms with Crippen molar-refractivity contribution in [1.29, 1.82) is 0 Å². The number of nitrogens with zero attached hydrogens (tertiary/aromatic N) is 1. The third-order valence-electron chi connectivity index (χ3n) is 3.32. The summed E-state index contributed by atoms with van der Waals surface area (Å²) in [6, 6.07) is 18.3. The van der Waals surface area contributed by atoms with Crippen LogP contribution in [0.5, 0.6) is 0 Å². The maximum atomic E-state index is 6.23. The van der Waals surface area contributed by atoms with Gasteiger partial charge in [0.1, 0.15) is 5.82 Å². The number of pyridine rings is 1. The standard InChI is InChI=1S/C17H15ClN2/c1-12(18)14-7-4-5-9-16(14)20-17-15-8-3-2-6-13(15)10-11-19-17/h2-12H,1H3,(H,19,20). The molecule has 0 amide bonds. The van der Waals surface area contributed by atoms with Gasteiger partial charge < -0.3 is 5.32 Å². The Balaban J connectivity index is 2.06. The van der Waals surface area contributed by atoms with E-state index in [2.05, 4.69) is 22.4 Å². The Morgan fingerprint density at radius 3 is 2.60 bits per heavy atom. The lowest BCUT2D eigenvalue weighted by Crippen LogP contribution is -1.98. The molecule has 20 heavy (non-hydrogen) atoms. The number of fused-ring (bicyclic) bond motifs is 1. The van der Waals surface area contributed by atoms with Crippen LogP contribution in [0.25, 0.3) is 10.8 Å². The van der Waals surface area contributed by atoms with Gasteiger partial charge in [-0.1, -0.05) is 42.5 Å². The van der Waals surface area contributed by atoms with Gasteiger partial charge in [0.25, 0.3) is 0 Å². The molecule has 1 atom stereocenters. The van der Waals surface area contributed by atoms with Gasteiger partial charge in [-0.15, -0.1) is 11.6 Å². The molecule has 0 aliphatic rings. The topological polar surface area (TPSA) is 24.9 Å². The van der Waals surface area contributed by atoms with Crippen molar-refractivity contribution in [3.63, 3.8) is 0 Å². The van der Waals surface area contributed by atoms with E-state index in [0.717, 1.165) is 22.5 Å². The lowest BCUT2D eigenvalue weighted by Gasteiger charge is -2.14. The van der Waals surface area contributed by atoms with Crippen LogP contribution in [0.15, 0.2) is 60.8 Å². The number of rotatable bonds is 3. The van der Waals surface area contributed by atoms with E-state index < -0.39 is 0 Å². The molecule has 1 N–H and O–H groups in total. The summed E-state index contributed by atoms with van der Waals surface area (Å²) in [5.74, 6) is 0.855. The van der Waals surface area contributed by atoms with Crippen LogP contribution < -0.4 is 5.32 Å². The van der Waals surface area contributed by atoms with Gasteiger partial charge in [-0.05, 0) is 30.0 Å². The molecular formula is C17H15ClN2. The van der Waals surface area contributed by atoms with Gasteiger partial charge in [0.15, 0.2) is 0 Å². The van der Waals surface area contributed by atoms with Crippen molar-refractivity contribution in [3.8, 4) is 0 Å². The highest BCUT2D eigenvalue weighted by atomic mass is 35.5. The molecule has 100 valence electrons. The molecule has 2 aromatic carbocycles. The van der Waals surface area contributed by atoms with E-state index >= 15 is 0 Å². The minimum Gasteiger partial charge on any atom is -0.339 e. The van der Waals surface area contributed by atoms with Gasteiger partial charge in [-0.3, -0.25) is 0 Å². The molecule has 0 saturated carbocycles. The van der Waals surface area contributed by atoms with Gasteiger partial charge in [-0.2, -0.15) is 0 Å². The zero-order valence-corrected chi connectivity index (χ0v) is 11.9. The molecule has 0 saturated heterocycles. The minimum atomic E-state index is -0.0475. The van der Waals surface area contributed by atoms with Gasteiger partial charge in [0, 0.05) is 17.3 Å². The molecule has 3 aromatic rings. The molecule has 2 nitrogen and oxygen atoms in total. The number of hydrogen-bond donors (Lipinski definition) is 1. The second-order valence-electron chi connectivity index (χ2n) is 4.71. The van der Waals surface area contributed by atoms with Crippen molar-refractivity contribution in [1.82, 2.24) is 4.98 Å². The first-order valence-electron chi connectivity index (χ1n) is 6.59. The Hall–Kier alpha value is -2.06. The van der Waals surface area contributed by atoms with E-state index in [9.17, 15) is 0 Å². The summed E-state index contributed by atoms with van der Waals surface area (Å²) in [5.41, 5.74) is 2.07. The SMILES string of the molecule is CC(Cl)c1ccccc1Nc1nccc2ccccc12. The van der Waals surface area contributed by atoms with E-state index in [1.807, 2.05) is 55.6 Å². The Bertz CT molecular complexity index is 732. The van der Waals surface area contributed by atoms with Gasteiger partial charge in [0.2, 0.25) is 0 Å². The normalized spacial score (nSPS) is 12.3. The van der Waals surface area contributed by atoms with Crippen molar-refractivity contribution < 1.29 is 0 Å².